The third kappa shape index (κ3) is 2.90. The smallest absolute Gasteiger partial charge is 0.252 e. The predicted molar refractivity (Wildman–Crippen MR) is 71.0 cm³/mol. The first-order chi connectivity index (χ1) is 8.60. The molecule has 0 bridgehead atoms. The van der Waals surface area contributed by atoms with E-state index in [2.05, 4.69) is 14.9 Å². The monoisotopic (exact) mass is 251 g/mol. The Morgan fingerprint density at radius 3 is 3.06 bits per heavy atom. The molecule has 0 saturated carbocycles. The molecule has 1 aromatic heterocycles. The van der Waals surface area contributed by atoms with E-state index in [0.717, 1.165) is 37.6 Å². The van der Waals surface area contributed by atoms with E-state index in [9.17, 15) is 9.90 Å². The summed E-state index contributed by atoms with van der Waals surface area (Å²) < 4.78 is 0. The Bertz CT molecular complexity index is 456. The van der Waals surface area contributed by atoms with Crippen LogP contribution in [-0.4, -0.2) is 34.8 Å². The number of rotatable bonds is 3. The number of aliphatic hydroxyl groups is 1. The van der Waals surface area contributed by atoms with E-state index < -0.39 is 0 Å². The maximum absolute atomic E-state index is 11.6. The maximum Gasteiger partial charge on any atom is 0.252 e. The molecule has 1 aliphatic heterocycles. The number of H-pyrrole nitrogens is 1. The van der Waals surface area contributed by atoms with E-state index in [1.54, 1.807) is 6.07 Å². The highest BCUT2D eigenvalue weighted by Gasteiger charge is 2.21. The number of piperidine rings is 1. The van der Waals surface area contributed by atoms with Crippen molar-refractivity contribution in [2.75, 3.05) is 24.6 Å². The molecule has 1 atom stereocenters. The average molecular weight is 251 g/mol. The number of nitrogens with one attached hydrogen (secondary N) is 1. The van der Waals surface area contributed by atoms with E-state index in [1.165, 1.54) is 0 Å². The van der Waals surface area contributed by atoms with Crippen molar-refractivity contribution in [2.45, 2.75) is 32.6 Å². The Balaban J connectivity index is 2.24. The summed E-state index contributed by atoms with van der Waals surface area (Å²) in [5.74, 6) is 1.96. The van der Waals surface area contributed by atoms with Crippen LogP contribution < -0.4 is 10.5 Å². The van der Waals surface area contributed by atoms with E-state index in [1.807, 2.05) is 13.8 Å². The minimum absolute atomic E-state index is 0.102. The molecule has 1 saturated heterocycles. The molecule has 0 radical (unpaired) electrons. The summed E-state index contributed by atoms with van der Waals surface area (Å²) in [6.07, 6.45) is 2.09. The molecule has 1 unspecified atom stereocenters. The molecule has 0 aliphatic carbocycles. The fourth-order valence-electron chi connectivity index (χ4n) is 2.32. The van der Waals surface area contributed by atoms with Crippen molar-refractivity contribution in [3.63, 3.8) is 0 Å². The van der Waals surface area contributed by atoms with Crippen LogP contribution in [0.1, 0.15) is 38.4 Å². The lowest BCUT2D eigenvalue weighted by molar-refractivity contribution is 0.208. The largest absolute Gasteiger partial charge is 0.396 e. The van der Waals surface area contributed by atoms with Gasteiger partial charge in [-0.3, -0.25) is 4.79 Å². The van der Waals surface area contributed by atoms with Gasteiger partial charge in [0, 0.05) is 31.7 Å². The predicted octanol–water partition coefficient (Wildman–Crippen LogP) is 1.10. The van der Waals surface area contributed by atoms with Crippen molar-refractivity contribution in [3.8, 4) is 0 Å². The summed E-state index contributed by atoms with van der Waals surface area (Å²) in [5.41, 5.74) is -0.102. The van der Waals surface area contributed by atoms with Crippen LogP contribution in [-0.2, 0) is 0 Å². The normalized spacial score (nSPS) is 20.4. The zero-order valence-electron chi connectivity index (χ0n) is 11.0. The van der Waals surface area contributed by atoms with Crippen LogP contribution in [0.4, 0.5) is 5.82 Å². The van der Waals surface area contributed by atoms with Crippen LogP contribution in [0.2, 0.25) is 0 Å². The summed E-state index contributed by atoms with van der Waals surface area (Å²) in [6, 6.07) is 1.55. The van der Waals surface area contributed by atoms with Crippen molar-refractivity contribution in [1.82, 2.24) is 9.97 Å². The number of aromatic nitrogens is 2. The number of aliphatic hydroxyl groups excluding tert-OH is 1. The van der Waals surface area contributed by atoms with Gasteiger partial charge < -0.3 is 15.0 Å². The standard InChI is InChI=1S/C13H21N3O2/c1-9(2)13-14-11(6-12(18)15-13)16-5-3-4-10(7-16)8-17/h6,9-10,17H,3-5,7-8H2,1-2H3,(H,14,15,18). The van der Waals surface area contributed by atoms with Crippen LogP contribution in [0.15, 0.2) is 10.9 Å². The van der Waals surface area contributed by atoms with Crippen LogP contribution in [0.3, 0.4) is 0 Å². The number of hydrogen-bond donors (Lipinski definition) is 2. The molecule has 1 aromatic rings. The second-order valence-electron chi connectivity index (χ2n) is 5.28. The number of anilines is 1. The van der Waals surface area contributed by atoms with E-state index >= 15 is 0 Å². The topological polar surface area (TPSA) is 69.2 Å². The summed E-state index contributed by atoms with van der Waals surface area (Å²) in [6.45, 7) is 5.91. The molecule has 18 heavy (non-hydrogen) atoms. The lowest BCUT2D eigenvalue weighted by Crippen LogP contribution is -2.38. The zero-order valence-corrected chi connectivity index (χ0v) is 11.0. The van der Waals surface area contributed by atoms with Crippen LogP contribution in [0.25, 0.3) is 0 Å². The van der Waals surface area contributed by atoms with Crippen molar-refractivity contribution in [2.24, 2.45) is 5.92 Å². The average Bonchev–Trinajstić information content (AvgIpc) is 2.38. The van der Waals surface area contributed by atoms with Gasteiger partial charge in [0.2, 0.25) is 0 Å². The van der Waals surface area contributed by atoms with Gasteiger partial charge in [0.15, 0.2) is 0 Å². The van der Waals surface area contributed by atoms with Gasteiger partial charge in [0.05, 0.1) is 0 Å². The summed E-state index contributed by atoms with van der Waals surface area (Å²) in [4.78, 5) is 21.0. The van der Waals surface area contributed by atoms with Gasteiger partial charge >= 0.3 is 0 Å². The lowest BCUT2D eigenvalue weighted by atomic mass is 9.99. The quantitative estimate of drug-likeness (QED) is 0.844. The molecule has 2 N–H and O–H groups in total. The Morgan fingerprint density at radius 2 is 2.39 bits per heavy atom. The molecule has 0 spiro atoms. The summed E-state index contributed by atoms with van der Waals surface area (Å²) >= 11 is 0. The lowest BCUT2D eigenvalue weighted by Gasteiger charge is -2.32. The minimum Gasteiger partial charge on any atom is -0.396 e. The van der Waals surface area contributed by atoms with Gasteiger partial charge in [-0.25, -0.2) is 4.98 Å². The molecule has 2 rings (SSSR count). The van der Waals surface area contributed by atoms with Gasteiger partial charge in [-0.2, -0.15) is 0 Å². The molecule has 0 aromatic carbocycles. The van der Waals surface area contributed by atoms with Gasteiger partial charge in [-0.15, -0.1) is 0 Å². The highest BCUT2D eigenvalue weighted by atomic mass is 16.3. The second-order valence-corrected chi connectivity index (χ2v) is 5.28. The molecule has 100 valence electrons. The first kappa shape index (κ1) is 13.1. The maximum atomic E-state index is 11.6. The van der Waals surface area contributed by atoms with Crippen LogP contribution >= 0.6 is 0 Å². The third-order valence-electron chi connectivity index (χ3n) is 3.39. The van der Waals surface area contributed by atoms with E-state index in [-0.39, 0.29) is 18.1 Å². The first-order valence-electron chi connectivity index (χ1n) is 6.57. The van der Waals surface area contributed by atoms with Crippen molar-refractivity contribution in [1.29, 1.82) is 0 Å². The van der Waals surface area contributed by atoms with Gasteiger partial charge in [0.1, 0.15) is 11.6 Å². The number of nitrogens with zero attached hydrogens (tertiary/aromatic N) is 2. The Hall–Kier alpha value is -1.36. The molecular weight excluding hydrogens is 230 g/mol. The Kier molecular flexibility index (Phi) is 4.01. The summed E-state index contributed by atoms with van der Waals surface area (Å²) in [7, 11) is 0. The van der Waals surface area contributed by atoms with Crippen molar-refractivity contribution >= 4 is 5.82 Å². The highest BCUT2D eigenvalue weighted by molar-refractivity contribution is 5.38. The molecule has 1 fully saturated rings. The van der Waals surface area contributed by atoms with Crippen molar-refractivity contribution in [3.05, 3.63) is 22.2 Å². The number of aromatic amines is 1. The molecule has 5 heteroatoms. The first-order valence-corrected chi connectivity index (χ1v) is 6.57. The van der Waals surface area contributed by atoms with E-state index in [4.69, 9.17) is 0 Å². The fraction of sp³-hybridized carbons (Fsp3) is 0.692. The van der Waals surface area contributed by atoms with Crippen LogP contribution in [0.5, 0.6) is 0 Å². The van der Waals surface area contributed by atoms with Gasteiger partial charge in [-0.1, -0.05) is 13.8 Å². The van der Waals surface area contributed by atoms with E-state index in [0.29, 0.717) is 5.92 Å². The Labute approximate surface area is 107 Å². The van der Waals surface area contributed by atoms with Crippen LogP contribution in [0, 0.1) is 5.92 Å². The van der Waals surface area contributed by atoms with Gasteiger partial charge in [-0.05, 0) is 18.8 Å². The molecule has 0 amide bonds. The fourth-order valence-corrected chi connectivity index (χ4v) is 2.32. The molecule has 5 nitrogen and oxygen atoms in total. The number of hydrogen-bond acceptors (Lipinski definition) is 4. The summed E-state index contributed by atoms with van der Waals surface area (Å²) in [5, 5.41) is 9.24. The highest BCUT2D eigenvalue weighted by Crippen LogP contribution is 2.21. The SMILES string of the molecule is CC(C)c1nc(N2CCCC(CO)C2)cc(=O)[nH]1. The molecule has 1 aliphatic rings. The van der Waals surface area contributed by atoms with Crippen molar-refractivity contribution < 1.29 is 5.11 Å². The minimum atomic E-state index is -0.102. The molecule has 2 heterocycles. The van der Waals surface area contributed by atoms with Gasteiger partial charge in [0.25, 0.3) is 5.56 Å². The molecular formula is C13H21N3O2. The Morgan fingerprint density at radius 1 is 1.61 bits per heavy atom. The zero-order chi connectivity index (χ0) is 13.1. The third-order valence-corrected chi connectivity index (χ3v) is 3.39. The second kappa shape index (κ2) is 5.52.